The third-order valence-corrected chi connectivity index (χ3v) is 8.06. The normalized spacial score (nSPS) is 19.3. The summed E-state index contributed by atoms with van der Waals surface area (Å²) in [5, 5.41) is 0.687. The van der Waals surface area contributed by atoms with E-state index >= 15 is 0 Å². The SMILES string of the molecule is C=C(OC1CCN(S(C)(=O)=O)CC1)/C(C)=C(\N=CC)OC1CCN(C(=O)c2ccc(P)cc2F)CC1. The smallest absolute Gasteiger partial charge is 0.256 e. The minimum Gasteiger partial charge on any atom is -0.490 e. The van der Waals surface area contributed by atoms with Crippen molar-refractivity contribution in [2.75, 3.05) is 32.4 Å². The van der Waals surface area contributed by atoms with Gasteiger partial charge in [0.15, 0.2) is 0 Å². The Morgan fingerprint density at radius 3 is 2.28 bits per heavy atom. The van der Waals surface area contributed by atoms with Crippen molar-refractivity contribution in [2.45, 2.75) is 51.7 Å². The first-order valence-electron chi connectivity index (χ1n) is 12.0. The van der Waals surface area contributed by atoms with E-state index in [-0.39, 0.29) is 23.7 Å². The van der Waals surface area contributed by atoms with Gasteiger partial charge in [-0.05, 0) is 44.1 Å². The molecule has 36 heavy (non-hydrogen) atoms. The van der Waals surface area contributed by atoms with Crippen LogP contribution in [0.1, 0.15) is 49.9 Å². The summed E-state index contributed by atoms with van der Waals surface area (Å²) in [5.41, 5.74) is 0.736. The maximum atomic E-state index is 14.2. The second kappa shape index (κ2) is 12.3. The van der Waals surface area contributed by atoms with Crippen LogP contribution in [-0.4, -0.2) is 74.4 Å². The number of amides is 1. The van der Waals surface area contributed by atoms with Crippen LogP contribution in [0.15, 0.2) is 47.0 Å². The number of carbonyl (C=O) groups excluding carboxylic acids is 1. The summed E-state index contributed by atoms with van der Waals surface area (Å²) in [6.45, 7) is 9.38. The van der Waals surface area contributed by atoms with E-state index < -0.39 is 15.8 Å². The van der Waals surface area contributed by atoms with Crippen molar-refractivity contribution in [3.8, 4) is 0 Å². The van der Waals surface area contributed by atoms with Crippen molar-refractivity contribution in [3.63, 3.8) is 0 Å². The molecule has 2 heterocycles. The Bertz CT molecular complexity index is 1140. The van der Waals surface area contributed by atoms with Crippen molar-refractivity contribution in [1.82, 2.24) is 9.21 Å². The number of halogens is 1. The summed E-state index contributed by atoms with van der Waals surface area (Å²) in [4.78, 5) is 18.8. The third-order valence-electron chi connectivity index (χ3n) is 6.40. The molecule has 2 fully saturated rings. The summed E-state index contributed by atoms with van der Waals surface area (Å²) >= 11 is 0. The van der Waals surface area contributed by atoms with Gasteiger partial charge in [0.2, 0.25) is 15.9 Å². The number of allylic oxidation sites excluding steroid dienone is 1. The van der Waals surface area contributed by atoms with E-state index in [0.29, 0.717) is 74.4 Å². The highest BCUT2D eigenvalue weighted by molar-refractivity contribution is 7.88. The highest BCUT2D eigenvalue weighted by atomic mass is 32.2. The number of hydrogen-bond donors (Lipinski definition) is 0. The number of aliphatic imine (C=N–C) groups is 1. The quantitative estimate of drug-likeness (QED) is 0.219. The van der Waals surface area contributed by atoms with Gasteiger partial charge < -0.3 is 14.4 Å². The van der Waals surface area contributed by atoms with Crippen molar-refractivity contribution in [2.24, 2.45) is 4.99 Å². The molecule has 0 bridgehead atoms. The number of sulfonamides is 1. The molecule has 1 unspecified atom stereocenters. The highest BCUT2D eigenvalue weighted by Gasteiger charge is 2.29. The standard InChI is InChI=1S/C25H35FN3O5PS/c1-5-27-24(17(2)18(3)33-19-10-14-29(15-11-19)36(4,31)32)34-20-8-12-28(13-9-20)25(30)22-7-6-21(35)16-23(22)26/h5-7,16,19-20H,3,8-15,35H2,1-2,4H3/b24-17+,27-5?. The molecule has 198 valence electrons. The number of carbonyl (C=O) groups is 1. The first kappa shape index (κ1) is 28.3. The molecule has 2 aliphatic heterocycles. The van der Waals surface area contributed by atoms with Crippen LogP contribution < -0.4 is 5.30 Å². The third kappa shape index (κ3) is 7.37. The molecule has 11 heteroatoms. The Morgan fingerprint density at radius 2 is 1.72 bits per heavy atom. The molecular weight excluding hydrogens is 504 g/mol. The van der Waals surface area contributed by atoms with Gasteiger partial charge in [-0.3, -0.25) is 4.79 Å². The van der Waals surface area contributed by atoms with E-state index in [1.165, 1.54) is 22.7 Å². The molecule has 1 aromatic rings. The zero-order chi connectivity index (χ0) is 26.5. The fourth-order valence-corrected chi connectivity index (χ4v) is 5.35. The molecule has 1 amide bonds. The predicted octanol–water partition coefficient (Wildman–Crippen LogP) is 3.22. The lowest BCUT2D eigenvalue weighted by Crippen LogP contribution is -2.41. The number of nitrogens with zero attached hydrogens (tertiary/aromatic N) is 3. The Kier molecular flexibility index (Phi) is 9.66. The van der Waals surface area contributed by atoms with E-state index in [2.05, 4.69) is 20.8 Å². The monoisotopic (exact) mass is 539 g/mol. The van der Waals surface area contributed by atoms with E-state index in [4.69, 9.17) is 9.47 Å². The van der Waals surface area contributed by atoms with Crippen LogP contribution in [0.5, 0.6) is 0 Å². The number of hydrogen-bond acceptors (Lipinski definition) is 6. The molecule has 0 saturated carbocycles. The van der Waals surface area contributed by atoms with E-state index in [1.807, 2.05) is 6.92 Å². The zero-order valence-electron chi connectivity index (χ0n) is 21.1. The summed E-state index contributed by atoms with van der Waals surface area (Å²) in [7, 11) is -0.780. The molecule has 0 aliphatic carbocycles. The average molecular weight is 540 g/mol. The van der Waals surface area contributed by atoms with Gasteiger partial charge in [0.05, 0.1) is 17.4 Å². The molecule has 0 aromatic heterocycles. The molecular formula is C25H35FN3O5PS. The molecule has 8 nitrogen and oxygen atoms in total. The number of piperidine rings is 2. The molecule has 0 spiro atoms. The van der Waals surface area contributed by atoms with Crippen LogP contribution in [0.3, 0.4) is 0 Å². The number of ether oxygens (including phenoxy) is 2. The number of likely N-dealkylation sites (tertiary alicyclic amines) is 1. The topological polar surface area (TPSA) is 88.5 Å². The summed E-state index contributed by atoms with van der Waals surface area (Å²) in [5.74, 6) is -0.000337. The summed E-state index contributed by atoms with van der Waals surface area (Å²) < 4.78 is 51.3. The van der Waals surface area contributed by atoms with Crippen LogP contribution in [0.25, 0.3) is 0 Å². The average Bonchev–Trinajstić information content (AvgIpc) is 2.83. The van der Waals surface area contributed by atoms with Crippen LogP contribution in [0.2, 0.25) is 0 Å². The van der Waals surface area contributed by atoms with Crippen molar-refractivity contribution in [3.05, 3.63) is 53.4 Å². The number of rotatable bonds is 8. The minimum atomic E-state index is -3.20. The van der Waals surface area contributed by atoms with Crippen LogP contribution in [-0.2, 0) is 19.5 Å². The highest BCUT2D eigenvalue weighted by Crippen LogP contribution is 2.26. The maximum Gasteiger partial charge on any atom is 0.256 e. The second-order valence-corrected chi connectivity index (χ2v) is 11.7. The summed E-state index contributed by atoms with van der Waals surface area (Å²) in [6.07, 6.45) is 4.89. The Morgan fingerprint density at radius 1 is 1.14 bits per heavy atom. The zero-order valence-corrected chi connectivity index (χ0v) is 23.0. The fourth-order valence-electron chi connectivity index (χ4n) is 4.23. The molecule has 1 atom stereocenters. The van der Waals surface area contributed by atoms with Crippen molar-refractivity contribution >= 4 is 36.7 Å². The van der Waals surface area contributed by atoms with Gasteiger partial charge >= 0.3 is 0 Å². The van der Waals surface area contributed by atoms with E-state index in [9.17, 15) is 17.6 Å². The second-order valence-electron chi connectivity index (χ2n) is 9.07. The molecule has 3 rings (SSSR count). The van der Waals surface area contributed by atoms with E-state index in [0.717, 1.165) is 0 Å². The van der Waals surface area contributed by atoms with Gasteiger partial charge in [-0.2, -0.15) is 0 Å². The van der Waals surface area contributed by atoms with Crippen LogP contribution >= 0.6 is 9.24 Å². The van der Waals surface area contributed by atoms with Crippen LogP contribution in [0.4, 0.5) is 4.39 Å². The Balaban J connectivity index is 1.57. The maximum absolute atomic E-state index is 14.2. The largest absolute Gasteiger partial charge is 0.490 e. The number of benzene rings is 1. The van der Waals surface area contributed by atoms with Gasteiger partial charge in [-0.15, -0.1) is 9.24 Å². The van der Waals surface area contributed by atoms with Gasteiger partial charge in [-0.25, -0.2) is 22.1 Å². The minimum absolute atomic E-state index is 0.0726. The van der Waals surface area contributed by atoms with E-state index in [1.54, 1.807) is 24.1 Å². The van der Waals surface area contributed by atoms with Gasteiger partial charge in [-0.1, -0.05) is 12.6 Å². The molecule has 0 radical (unpaired) electrons. The Hall–Kier alpha value is -2.29. The summed E-state index contributed by atoms with van der Waals surface area (Å²) in [6, 6.07) is 4.54. The van der Waals surface area contributed by atoms with Crippen molar-refractivity contribution in [1.29, 1.82) is 0 Å². The molecule has 2 saturated heterocycles. The van der Waals surface area contributed by atoms with Crippen LogP contribution in [0, 0.1) is 5.82 Å². The fraction of sp³-hybridized carbons (Fsp3) is 0.520. The molecule has 0 N–H and O–H groups in total. The van der Waals surface area contributed by atoms with Crippen molar-refractivity contribution < 1.29 is 27.1 Å². The first-order chi connectivity index (χ1) is 17.0. The Labute approximate surface area is 215 Å². The van der Waals surface area contributed by atoms with Gasteiger partial charge in [0, 0.05) is 45.2 Å². The van der Waals surface area contributed by atoms with Gasteiger partial charge in [0.25, 0.3) is 5.91 Å². The van der Waals surface area contributed by atoms with Gasteiger partial charge in [0.1, 0.15) is 23.8 Å². The lowest BCUT2D eigenvalue weighted by Gasteiger charge is -2.33. The first-order valence-corrected chi connectivity index (χ1v) is 14.4. The predicted molar refractivity (Wildman–Crippen MR) is 142 cm³/mol. The lowest BCUT2D eigenvalue weighted by atomic mass is 10.1. The lowest BCUT2D eigenvalue weighted by molar-refractivity contribution is 0.0376. The molecule has 1 aromatic carbocycles. The molecule has 2 aliphatic rings.